The Morgan fingerprint density at radius 2 is 1.46 bits per heavy atom. The van der Waals surface area contributed by atoms with E-state index in [-0.39, 0.29) is 0 Å². The maximum atomic E-state index is 5.70. The van der Waals surface area contributed by atoms with Gasteiger partial charge in [-0.2, -0.15) is 0 Å². The number of unbranched alkanes of at least 4 members (excludes halogenated alkanes) is 1. The molecule has 1 heteroatoms. The van der Waals surface area contributed by atoms with Crippen LogP contribution in [0.2, 0.25) is 5.82 Å². The Morgan fingerprint density at radius 3 is 1.85 bits per heavy atom. The minimum absolute atomic E-state index is 0.380. The van der Waals surface area contributed by atoms with Gasteiger partial charge in [-0.15, -0.1) is 0 Å². The summed E-state index contributed by atoms with van der Waals surface area (Å²) in [5.41, 5.74) is 0.467. The van der Waals surface area contributed by atoms with Gasteiger partial charge >= 0.3 is 0 Å². The average Bonchev–Trinajstić information content (AvgIpc) is 1.95. The Balaban J connectivity index is 3.43. The van der Waals surface area contributed by atoms with Crippen molar-refractivity contribution in [3.05, 3.63) is 0 Å². The molecular formula is C12H25B. The van der Waals surface area contributed by atoms with Gasteiger partial charge in [0.05, 0.1) is 7.85 Å². The molecule has 0 saturated carbocycles. The molecule has 0 N–H and O–H groups in total. The van der Waals surface area contributed by atoms with Crippen molar-refractivity contribution in [1.82, 2.24) is 0 Å². The van der Waals surface area contributed by atoms with Crippen LogP contribution in [0, 0.1) is 11.3 Å². The molecule has 0 heterocycles. The maximum Gasteiger partial charge on any atom is 0.0695 e. The van der Waals surface area contributed by atoms with Crippen LogP contribution in [0.15, 0.2) is 0 Å². The van der Waals surface area contributed by atoms with Gasteiger partial charge in [0.2, 0.25) is 0 Å². The average molecular weight is 180 g/mol. The summed E-state index contributed by atoms with van der Waals surface area (Å²) < 4.78 is 0. The lowest BCUT2D eigenvalue weighted by Crippen LogP contribution is -2.16. The quantitative estimate of drug-likeness (QED) is 0.439. The SMILES string of the molecule is [B]C(C)CCCCC(C)C(C)(C)C. The van der Waals surface area contributed by atoms with Gasteiger partial charge in [-0.1, -0.05) is 66.1 Å². The highest BCUT2D eigenvalue weighted by Gasteiger charge is 2.18. The van der Waals surface area contributed by atoms with Gasteiger partial charge in [-0.25, -0.2) is 0 Å². The Labute approximate surface area is 85.9 Å². The monoisotopic (exact) mass is 180 g/mol. The molecule has 76 valence electrons. The Bertz CT molecular complexity index is 122. The fourth-order valence-corrected chi connectivity index (χ4v) is 1.35. The summed E-state index contributed by atoms with van der Waals surface area (Å²) in [5, 5.41) is 0. The number of rotatable bonds is 5. The first-order chi connectivity index (χ1) is 5.84. The first-order valence-corrected chi connectivity index (χ1v) is 5.59. The highest BCUT2D eigenvalue weighted by atomic mass is 14.2. The fourth-order valence-electron chi connectivity index (χ4n) is 1.35. The van der Waals surface area contributed by atoms with Gasteiger partial charge in [-0.05, 0) is 11.3 Å². The zero-order valence-electron chi connectivity index (χ0n) is 10.1. The van der Waals surface area contributed by atoms with Gasteiger partial charge in [-0.3, -0.25) is 0 Å². The summed E-state index contributed by atoms with van der Waals surface area (Å²) in [7, 11) is 5.70. The standard InChI is InChI=1S/C12H25B/c1-10(12(3,4)5)8-6-7-9-11(2)13/h10-11H,6-9H2,1-5H3. The summed E-state index contributed by atoms with van der Waals surface area (Å²) in [6.45, 7) is 11.4. The van der Waals surface area contributed by atoms with Crippen molar-refractivity contribution in [2.75, 3.05) is 0 Å². The molecule has 0 spiro atoms. The smallest absolute Gasteiger partial charge is 0.0695 e. The summed E-state index contributed by atoms with van der Waals surface area (Å²) in [6, 6.07) is 0. The van der Waals surface area contributed by atoms with E-state index in [4.69, 9.17) is 7.85 Å². The molecule has 2 radical (unpaired) electrons. The molecule has 0 aliphatic carbocycles. The summed E-state index contributed by atoms with van der Waals surface area (Å²) in [4.78, 5) is 0. The molecule has 0 rings (SSSR count). The predicted octanol–water partition coefficient (Wildman–Crippen LogP) is 4.21. The van der Waals surface area contributed by atoms with Crippen molar-refractivity contribution in [1.29, 1.82) is 0 Å². The molecule has 0 aromatic carbocycles. The lowest BCUT2D eigenvalue weighted by atomic mass is 9.78. The zero-order valence-corrected chi connectivity index (χ0v) is 10.1. The van der Waals surface area contributed by atoms with Gasteiger partial charge in [0, 0.05) is 0 Å². The molecule has 0 nitrogen and oxygen atoms in total. The molecule has 0 amide bonds. The third kappa shape index (κ3) is 7.16. The fraction of sp³-hybridized carbons (Fsp3) is 1.00. The van der Waals surface area contributed by atoms with E-state index in [1.807, 2.05) is 0 Å². The van der Waals surface area contributed by atoms with Crippen LogP contribution >= 0.6 is 0 Å². The van der Waals surface area contributed by atoms with Crippen molar-refractivity contribution < 1.29 is 0 Å². The molecule has 0 saturated heterocycles. The van der Waals surface area contributed by atoms with E-state index in [9.17, 15) is 0 Å². The van der Waals surface area contributed by atoms with Crippen molar-refractivity contribution in [3.8, 4) is 0 Å². The highest BCUT2D eigenvalue weighted by Crippen LogP contribution is 2.29. The van der Waals surface area contributed by atoms with Crippen LogP contribution in [0.1, 0.15) is 60.3 Å². The maximum absolute atomic E-state index is 5.70. The second-order valence-electron chi connectivity index (χ2n) is 5.53. The minimum atomic E-state index is 0.380. The number of hydrogen-bond donors (Lipinski definition) is 0. The predicted molar refractivity (Wildman–Crippen MR) is 62.3 cm³/mol. The first kappa shape index (κ1) is 13.1. The van der Waals surface area contributed by atoms with Crippen LogP contribution in [0.3, 0.4) is 0 Å². The highest BCUT2D eigenvalue weighted by molar-refractivity contribution is 6.11. The molecule has 13 heavy (non-hydrogen) atoms. The van der Waals surface area contributed by atoms with E-state index in [2.05, 4.69) is 34.6 Å². The van der Waals surface area contributed by atoms with Crippen LogP contribution in [-0.4, -0.2) is 7.85 Å². The second-order valence-corrected chi connectivity index (χ2v) is 5.53. The molecule has 0 aliphatic heterocycles. The van der Waals surface area contributed by atoms with Gasteiger partial charge in [0.25, 0.3) is 0 Å². The van der Waals surface area contributed by atoms with E-state index in [0.29, 0.717) is 11.2 Å². The number of hydrogen-bond acceptors (Lipinski definition) is 0. The summed E-state index contributed by atoms with van der Waals surface area (Å²) >= 11 is 0. The second kappa shape index (κ2) is 5.72. The van der Waals surface area contributed by atoms with E-state index in [0.717, 1.165) is 5.92 Å². The largest absolute Gasteiger partial charge is 0.0802 e. The van der Waals surface area contributed by atoms with Crippen LogP contribution in [0.5, 0.6) is 0 Å². The van der Waals surface area contributed by atoms with Crippen molar-refractivity contribution in [2.24, 2.45) is 11.3 Å². The third-order valence-corrected chi connectivity index (χ3v) is 3.03. The molecule has 0 aromatic rings. The van der Waals surface area contributed by atoms with Gasteiger partial charge in [0.1, 0.15) is 0 Å². The van der Waals surface area contributed by atoms with Crippen LogP contribution in [-0.2, 0) is 0 Å². The van der Waals surface area contributed by atoms with E-state index in [1.165, 1.54) is 25.7 Å². The topological polar surface area (TPSA) is 0 Å². The minimum Gasteiger partial charge on any atom is -0.0802 e. The molecule has 2 atom stereocenters. The molecular weight excluding hydrogens is 155 g/mol. The Kier molecular flexibility index (Phi) is 5.75. The Hall–Kier alpha value is 0.0649. The van der Waals surface area contributed by atoms with Crippen molar-refractivity contribution in [2.45, 2.75) is 66.1 Å². The van der Waals surface area contributed by atoms with E-state index in [1.54, 1.807) is 0 Å². The van der Waals surface area contributed by atoms with Crippen LogP contribution in [0.4, 0.5) is 0 Å². The normalized spacial score (nSPS) is 17.0. The lowest BCUT2D eigenvalue weighted by molar-refractivity contribution is 0.241. The molecule has 0 bridgehead atoms. The van der Waals surface area contributed by atoms with Gasteiger partial charge < -0.3 is 0 Å². The van der Waals surface area contributed by atoms with E-state index >= 15 is 0 Å². The van der Waals surface area contributed by atoms with Crippen molar-refractivity contribution >= 4 is 7.85 Å². The third-order valence-electron chi connectivity index (χ3n) is 3.03. The molecule has 0 aliphatic rings. The lowest BCUT2D eigenvalue weighted by Gasteiger charge is -2.27. The van der Waals surface area contributed by atoms with E-state index < -0.39 is 0 Å². The zero-order chi connectivity index (χ0) is 10.5. The first-order valence-electron chi connectivity index (χ1n) is 5.59. The molecule has 0 aromatic heterocycles. The van der Waals surface area contributed by atoms with Gasteiger partial charge in [0.15, 0.2) is 0 Å². The summed E-state index contributed by atoms with van der Waals surface area (Å²) in [6.07, 6.45) is 5.14. The summed E-state index contributed by atoms with van der Waals surface area (Å²) in [5.74, 6) is 1.20. The Morgan fingerprint density at radius 1 is 1.00 bits per heavy atom. The van der Waals surface area contributed by atoms with Crippen LogP contribution < -0.4 is 0 Å². The van der Waals surface area contributed by atoms with Crippen molar-refractivity contribution in [3.63, 3.8) is 0 Å². The molecule has 2 unspecified atom stereocenters. The van der Waals surface area contributed by atoms with Crippen LogP contribution in [0.25, 0.3) is 0 Å². The molecule has 0 fully saturated rings.